The second kappa shape index (κ2) is 8.93. The molecule has 2 aromatic heterocycles. The lowest BCUT2D eigenvalue weighted by molar-refractivity contribution is 0.286. The zero-order valence-electron chi connectivity index (χ0n) is 17.2. The molecule has 0 radical (unpaired) electrons. The maximum atomic E-state index is 13.9. The van der Waals surface area contributed by atoms with Crippen LogP contribution < -0.4 is 5.32 Å². The molecule has 1 fully saturated rings. The quantitative estimate of drug-likeness (QED) is 0.583. The van der Waals surface area contributed by atoms with Gasteiger partial charge in [-0.2, -0.15) is 0 Å². The summed E-state index contributed by atoms with van der Waals surface area (Å²) in [6, 6.07) is 16.5. The molecule has 0 aliphatic carbocycles. The molecule has 3 heterocycles. The smallest absolute Gasteiger partial charge is 0.170 e. The number of nitrogens with one attached hydrogen (secondary N) is 1. The van der Waals surface area contributed by atoms with Crippen molar-refractivity contribution < 1.29 is 4.39 Å². The first-order chi connectivity index (χ1) is 14.5. The van der Waals surface area contributed by atoms with Crippen molar-refractivity contribution in [1.29, 1.82) is 0 Å². The van der Waals surface area contributed by atoms with Gasteiger partial charge in [0.1, 0.15) is 5.82 Å². The van der Waals surface area contributed by atoms with Crippen LogP contribution in [0.3, 0.4) is 0 Å². The first-order valence-electron chi connectivity index (χ1n) is 10.1. The minimum absolute atomic E-state index is 0.0483. The zero-order valence-corrected chi connectivity index (χ0v) is 18.0. The van der Waals surface area contributed by atoms with Crippen molar-refractivity contribution in [2.75, 3.05) is 27.2 Å². The van der Waals surface area contributed by atoms with Crippen LogP contribution in [0.25, 0.3) is 5.69 Å². The van der Waals surface area contributed by atoms with Crippen LogP contribution in [0.2, 0.25) is 0 Å². The molecule has 4 rings (SSSR count). The van der Waals surface area contributed by atoms with Gasteiger partial charge in [0.15, 0.2) is 5.11 Å². The van der Waals surface area contributed by atoms with Crippen LogP contribution in [0.15, 0.2) is 67.0 Å². The molecule has 1 aliphatic rings. The largest absolute Gasteiger partial charge is 0.352 e. The standard InChI is InChI=1S/C23H26FN5S/c1-27(2)13-7-15-29-22(21(26-23(29)30)19-10-3-4-12-25-19)20-11-6-14-28(20)18-9-5-8-17(24)16-18/h3-6,8-12,14,16,21-22H,7,13,15H2,1-2H3,(H,26,30)/t21-,22+/m0/s1. The lowest BCUT2D eigenvalue weighted by atomic mass is 10.0. The highest BCUT2D eigenvalue weighted by molar-refractivity contribution is 7.80. The van der Waals surface area contributed by atoms with Crippen LogP contribution in [0.4, 0.5) is 4.39 Å². The van der Waals surface area contributed by atoms with Crippen molar-refractivity contribution in [3.63, 3.8) is 0 Å². The summed E-state index contributed by atoms with van der Waals surface area (Å²) >= 11 is 5.73. The van der Waals surface area contributed by atoms with E-state index in [-0.39, 0.29) is 17.9 Å². The maximum Gasteiger partial charge on any atom is 0.170 e. The number of thiocarbonyl (C=S) groups is 1. The fourth-order valence-electron chi connectivity index (χ4n) is 4.02. The SMILES string of the molecule is CN(C)CCCN1C(=S)N[C@@H](c2ccccn2)[C@H]1c1cccn1-c1cccc(F)c1. The van der Waals surface area contributed by atoms with Crippen molar-refractivity contribution >= 4 is 17.3 Å². The topological polar surface area (TPSA) is 36.3 Å². The number of nitrogens with zero attached hydrogens (tertiary/aromatic N) is 4. The first kappa shape index (κ1) is 20.5. The predicted octanol–water partition coefficient (Wildman–Crippen LogP) is 3.94. The summed E-state index contributed by atoms with van der Waals surface area (Å²) in [6.45, 7) is 1.80. The Bertz CT molecular complexity index is 1000. The van der Waals surface area contributed by atoms with Gasteiger partial charge in [0.05, 0.1) is 17.8 Å². The van der Waals surface area contributed by atoms with E-state index in [1.54, 1.807) is 18.3 Å². The monoisotopic (exact) mass is 423 g/mol. The van der Waals surface area contributed by atoms with E-state index in [9.17, 15) is 4.39 Å². The van der Waals surface area contributed by atoms with E-state index >= 15 is 0 Å². The second-order valence-electron chi connectivity index (χ2n) is 7.76. The number of halogens is 1. The van der Waals surface area contributed by atoms with Crippen LogP contribution in [0.5, 0.6) is 0 Å². The number of rotatable bonds is 7. The van der Waals surface area contributed by atoms with E-state index in [4.69, 9.17) is 12.2 Å². The van der Waals surface area contributed by atoms with E-state index in [1.165, 1.54) is 6.07 Å². The van der Waals surface area contributed by atoms with Gasteiger partial charge in [0, 0.05) is 30.3 Å². The van der Waals surface area contributed by atoms with Crippen LogP contribution >= 0.6 is 12.2 Å². The number of aromatic nitrogens is 2. The summed E-state index contributed by atoms with van der Waals surface area (Å²) in [6.07, 6.45) is 4.76. The van der Waals surface area contributed by atoms with Crippen LogP contribution in [0.1, 0.15) is 29.9 Å². The molecule has 1 aliphatic heterocycles. The third kappa shape index (κ3) is 4.22. The van der Waals surface area contributed by atoms with Gasteiger partial charge in [-0.3, -0.25) is 4.98 Å². The van der Waals surface area contributed by atoms with Gasteiger partial charge < -0.3 is 19.7 Å². The Kier molecular flexibility index (Phi) is 6.11. The van der Waals surface area contributed by atoms with Gasteiger partial charge in [-0.1, -0.05) is 12.1 Å². The molecule has 156 valence electrons. The predicted molar refractivity (Wildman–Crippen MR) is 121 cm³/mol. The van der Waals surface area contributed by atoms with E-state index < -0.39 is 0 Å². The Morgan fingerprint density at radius 2 is 2.00 bits per heavy atom. The fraction of sp³-hybridized carbons (Fsp3) is 0.304. The van der Waals surface area contributed by atoms with E-state index in [1.807, 2.05) is 41.1 Å². The molecular formula is C23H26FN5S. The average molecular weight is 424 g/mol. The molecule has 0 saturated carbocycles. The van der Waals surface area contributed by atoms with E-state index in [2.05, 4.69) is 40.3 Å². The van der Waals surface area contributed by atoms with Crippen molar-refractivity contribution in [3.8, 4) is 5.69 Å². The number of benzene rings is 1. The Morgan fingerprint density at radius 3 is 2.73 bits per heavy atom. The first-order valence-corrected chi connectivity index (χ1v) is 10.5. The van der Waals surface area contributed by atoms with Gasteiger partial charge in [-0.25, -0.2) is 4.39 Å². The molecule has 7 heteroatoms. The molecule has 0 unspecified atom stereocenters. The summed E-state index contributed by atoms with van der Waals surface area (Å²) < 4.78 is 16.0. The molecule has 1 aromatic carbocycles. The molecule has 2 atom stereocenters. The van der Waals surface area contributed by atoms with Gasteiger partial charge in [0.25, 0.3) is 0 Å². The molecule has 3 aromatic rings. The lowest BCUT2D eigenvalue weighted by Crippen LogP contribution is -2.33. The Balaban J connectivity index is 1.74. The highest BCUT2D eigenvalue weighted by atomic mass is 32.1. The van der Waals surface area contributed by atoms with Gasteiger partial charge >= 0.3 is 0 Å². The summed E-state index contributed by atoms with van der Waals surface area (Å²) in [7, 11) is 4.15. The summed E-state index contributed by atoms with van der Waals surface area (Å²) in [5.41, 5.74) is 2.78. The van der Waals surface area contributed by atoms with Crippen molar-refractivity contribution in [3.05, 3.63) is 84.2 Å². The van der Waals surface area contributed by atoms with Crippen LogP contribution in [0, 0.1) is 5.82 Å². The maximum absolute atomic E-state index is 13.9. The number of pyridine rings is 1. The zero-order chi connectivity index (χ0) is 21.1. The van der Waals surface area contributed by atoms with Crippen molar-refractivity contribution in [2.24, 2.45) is 0 Å². The Morgan fingerprint density at radius 1 is 1.13 bits per heavy atom. The highest BCUT2D eigenvalue weighted by Gasteiger charge is 2.40. The molecular weight excluding hydrogens is 397 g/mol. The van der Waals surface area contributed by atoms with Gasteiger partial charge in [0.2, 0.25) is 0 Å². The van der Waals surface area contributed by atoms with E-state index in [0.29, 0.717) is 0 Å². The van der Waals surface area contributed by atoms with Crippen molar-refractivity contribution in [1.82, 2.24) is 24.7 Å². The number of hydrogen-bond acceptors (Lipinski definition) is 3. The molecule has 0 bridgehead atoms. The molecule has 0 spiro atoms. The summed E-state index contributed by atoms with van der Waals surface area (Å²) in [5, 5.41) is 4.20. The molecule has 30 heavy (non-hydrogen) atoms. The summed E-state index contributed by atoms with van der Waals surface area (Å²) in [4.78, 5) is 9.00. The van der Waals surface area contributed by atoms with Crippen molar-refractivity contribution in [2.45, 2.75) is 18.5 Å². The molecule has 0 amide bonds. The van der Waals surface area contributed by atoms with E-state index in [0.717, 1.165) is 41.7 Å². The third-order valence-electron chi connectivity index (χ3n) is 5.37. The fourth-order valence-corrected chi connectivity index (χ4v) is 4.35. The Labute approximate surface area is 182 Å². The summed E-state index contributed by atoms with van der Waals surface area (Å²) in [5.74, 6) is -0.253. The lowest BCUT2D eigenvalue weighted by Gasteiger charge is -2.29. The van der Waals surface area contributed by atoms with Crippen LogP contribution in [-0.4, -0.2) is 51.6 Å². The highest BCUT2D eigenvalue weighted by Crippen LogP contribution is 2.39. The Hall–Kier alpha value is -2.77. The van der Waals surface area contributed by atoms with Gasteiger partial charge in [-0.15, -0.1) is 0 Å². The number of hydrogen-bond donors (Lipinski definition) is 1. The minimum Gasteiger partial charge on any atom is -0.352 e. The normalized spacial score (nSPS) is 18.8. The molecule has 5 nitrogen and oxygen atoms in total. The van der Waals surface area contributed by atoms with Crippen LogP contribution in [-0.2, 0) is 0 Å². The average Bonchev–Trinajstić information content (AvgIpc) is 3.33. The molecule has 1 N–H and O–H groups in total. The van der Waals surface area contributed by atoms with Gasteiger partial charge in [-0.05, 0) is 81.7 Å². The second-order valence-corrected chi connectivity index (χ2v) is 8.15. The molecule has 1 saturated heterocycles. The third-order valence-corrected chi connectivity index (χ3v) is 5.72. The minimum atomic E-state index is -0.253.